The van der Waals surface area contributed by atoms with Crippen LogP contribution in [0, 0.1) is 0 Å². The van der Waals surface area contributed by atoms with Crippen molar-refractivity contribution in [1.29, 1.82) is 0 Å². The highest BCUT2D eigenvalue weighted by atomic mass is 16.2. The number of carbonyl (C=O) groups is 2. The maximum atomic E-state index is 12.6. The number of likely N-dealkylation sites (tertiary alicyclic amines) is 1. The van der Waals surface area contributed by atoms with Crippen molar-refractivity contribution < 1.29 is 9.59 Å². The highest BCUT2D eigenvalue weighted by Crippen LogP contribution is 2.26. The zero-order valence-electron chi connectivity index (χ0n) is 11.6. The molecule has 5 nitrogen and oxygen atoms in total. The van der Waals surface area contributed by atoms with Crippen LogP contribution in [0.5, 0.6) is 0 Å². The third-order valence-electron chi connectivity index (χ3n) is 4.15. The predicted octanol–water partition coefficient (Wildman–Crippen LogP) is 1.13. The summed E-state index contributed by atoms with van der Waals surface area (Å²) < 4.78 is 0. The fraction of sp³-hybridized carbons (Fsp3) is 0.467. The number of nitrogens with zero attached hydrogens (tertiary/aromatic N) is 1. The van der Waals surface area contributed by atoms with E-state index in [2.05, 4.69) is 5.32 Å². The summed E-state index contributed by atoms with van der Waals surface area (Å²) in [5.74, 6) is 0.0217. The Hall–Kier alpha value is -1.88. The van der Waals surface area contributed by atoms with Gasteiger partial charge in [0.1, 0.15) is 0 Å². The molecule has 0 radical (unpaired) electrons. The third kappa shape index (κ3) is 2.29. The number of nitrogens with one attached hydrogen (secondary N) is 1. The number of nitrogens with two attached hydrogens (primary N) is 1. The highest BCUT2D eigenvalue weighted by molar-refractivity contribution is 6.01. The summed E-state index contributed by atoms with van der Waals surface area (Å²) in [4.78, 5) is 25.8. The third-order valence-corrected chi connectivity index (χ3v) is 4.15. The first-order valence-corrected chi connectivity index (χ1v) is 7.04. The summed E-state index contributed by atoms with van der Waals surface area (Å²) in [6, 6.07) is 5.79. The number of rotatable bonds is 1. The first-order chi connectivity index (χ1) is 9.54. The van der Waals surface area contributed by atoms with Crippen molar-refractivity contribution in [2.45, 2.75) is 38.3 Å². The van der Waals surface area contributed by atoms with Crippen LogP contribution >= 0.6 is 0 Å². The van der Waals surface area contributed by atoms with Gasteiger partial charge >= 0.3 is 0 Å². The molecule has 0 aliphatic carbocycles. The van der Waals surface area contributed by atoms with Gasteiger partial charge < -0.3 is 16.0 Å². The second-order valence-electron chi connectivity index (χ2n) is 5.73. The van der Waals surface area contributed by atoms with Crippen LogP contribution in [0.1, 0.15) is 35.7 Å². The lowest BCUT2D eigenvalue weighted by molar-refractivity contribution is -0.115. The number of fused-ring (bicyclic) bond motifs is 1. The average Bonchev–Trinajstić information content (AvgIpc) is 2.77. The molecule has 106 valence electrons. The van der Waals surface area contributed by atoms with E-state index >= 15 is 0 Å². The van der Waals surface area contributed by atoms with E-state index in [1.165, 1.54) is 0 Å². The number of anilines is 1. The summed E-state index contributed by atoms with van der Waals surface area (Å²) >= 11 is 0. The lowest BCUT2D eigenvalue weighted by Crippen LogP contribution is -2.48. The topological polar surface area (TPSA) is 75.4 Å². The van der Waals surface area contributed by atoms with Gasteiger partial charge in [-0.2, -0.15) is 0 Å². The monoisotopic (exact) mass is 273 g/mol. The van der Waals surface area contributed by atoms with Crippen molar-refractivity contribution in [2.75, 3.05) is 11.9 Å². The van der Waals surface area contributed by atoms with Crippen LogP contribution in [0.15, 0.2) is 18.2 Å². The van der Waals surface area contributed by atoms with Crippen LogP contribution in [0.4, 0.5) is 5.69 Å². The van der Waals surface area contributed by atoms with E-state index in [1.807, 2.05) is 24.0 Å². The van der Waals surface area contributed by atoms with E-state index in [0.29, 0.717) is 18.5 Å². The van der Waals surface area contributed by atoms with Crippen LogP contribution in [-0.4, -0.2) is 35.3 Å². The number of hydrogen-bond donors (Lipinski definition) is 2. The van der Waals surface area contributed by atoms with E-state index in [9.17, 15) is 9.59 Å². The van der Waals surface area contributed by atoms with Gasteiger partial charge in [-0.3, -0.25) is 9.59 Å². The number of amides is 2. The summed E-state index contributed by atoms with van der Waals surface area (Å²) in [6.07, 6.45) is 2.05. The largest absolute Gasteiger partial charge is 0.336 e. The molecule has 2 unspecified atom stereocenters. The standard InChI is InChI=1S/C15H19N3O2/c1-9-6-12(16)4-5-18(9)15(20)10-2-3-13-11(7-10)8-14(19)17-13/h2-3,7,9,12H,4-6,8,16H2,1H3,(H,17,19). The van der Waals surface area contributed by atoms with Crippen LogP contribution in [0.3, 0.4) is 0 Å². The predicted molar refractivity (Wildman–Crippen MR) is 76.5 cm³/mol. The molecular formula is C15H19N3O2. The molecule has 1 fully saturated rings. The molecule has 5 heteroatoms. The Kier molecular flexibility index (Phi) is 3.22. The summed E-state index contributed by atoms with van der Waals surface area (Å²) in [7, 11) is 0. The quantitative estimate of drug-likeness (QED) is 0.805. The van der Waals surface area contributed by atoms with E-state index in [1.54, 1.807) is 6.07 Å². The maximum Gasteiger partial charge on any atom is 0.254 e. The van der Waals surface area contributed by atoms with Crippen molar-refractivity contribution in [1.82, 2.24) is 4.90 Å². The maximum absolute atomic E-state index is 12.6. The van der Waals surface area contributed by atoms with Gasteiger partial charge in [0.15, 0.2) is 0 Å². The zero-order chi connectivity index (χ0) is 14.3. The van der Waals surface area contributed by atoms with Gasteiger partial charge in [-0.25, -0.2) is 0 Å². The molecule has 2 aliphatic heterocycles. The number of piperidine rings is 1. The van der Waals surface area contributed by atoms with Gasteiger partial charge in [-0.05, 0) is 43.5 Å². The zero-order valence-corrected chi connectivity index (χ0v) is 11.6. The first kappa shape index (κ1) is 13.1. The fourth-order valence-electron chi connectivity index (χ4n) is 3.04. The molecule has 0 spiro atoms. The van der Waals surface area contributed by atoms with Gasteiger partial charge in [0.25, 0.3) is 5.91 Å². The van der Waals surface area contributed by atoms with Crippen molar-refractivity contribution in [3.8, 4) is 0 Å². The second-order valence-corrected chi connectivity index (χ2v) is 5.73. The fourth-order valence-corrected chi connectivity index (χ4v) is 3.04. The van der Waals surface area contributed by atoms with Gasteiger partial charge in [0.05, 0.1) is 6.42 Å². The number of carbonyl (C=O) groups excluding carboxylic acids is 2. The van der Waals surface area contributed by atoms with Crippen LogP contribution in [-0.2, 0) is 11.2 Å². The lowest BCUT2D eigenvalue weighted by atomic mass is 9.97. The lowest BCUT2D eigenvalue weighted by Gasteiger charge is -2.36. The van der Waals surface area contributed by atoms with Crippen LogP contribution in [0.2, 0.25) is 0 Å². The number of benzene rings is 1. The Morgan fingerprint density at radius 2 is 2.25 bits per heavy atom. The van der Waals surface area contributed by atoms with E-state index < -0.39 is 0 Å². The van der Waals surface area contributed by atoms with Gasteiger partial charge in [-0.15, -0.1) is 0 Å². The Bertz CT molecular complexity index is 570. The van der Waals surface area contributed by atoms with Gasteiger partial charge in [-0.1, -0.05) is 0 Å². The van der Waals surface area contributed by atoms with E-state index in [0.717, 1.165) is 24.1 Å². The molecule has 2 amide bonds. The van der Waals surface area contributed by atoms with Crippen molar-refractivity contribution >= 4 is 17.5 Å². The summed E-state index contributed by atoms with van der Waals surface area (Å²) in [5.41, 5.74) is 8.31. The molecule has 1 aromatic rings. The smallest absolute Gasteiger partial charge is 0.254 e. The minimum atomic E-state index is -0.0121. The highest BCUT2D eigenvalue weighted by Gasteiger charge is 2.28. The Morgan fingerprint density at radius 1 is 1.45 bits per heavy atom. The first-order valence-electron chi connectivity index (χ1n) is 7.04. The number of hydrogen-bond acceptors (Lipinski definition) is 3. The molecule has 0 aromatic heterocycles. The van der Waals surface area contributed by atoms with Crippen molar-refractivity contribution in [3.05, 3.63) is 29.3 Å². The SMILES string of the molecule is CC1CC(N)CCN1C(=O)c1ccc2c(c1)CC(=O)N2. The Labute approximate surface area is 118 Å². The molecule has 3 rings (SSSR count). The van der Waals surface area contributed by atoms with Gasteiger partial charge in [0.2, 0.25) is 5.91 Å². The molecule has 0 saturated carbocycles. The van der Waals surface area contributed by atoms with Crippen molar-refractivity contribution in [2.24, 2.45) is 5.73 Å². The molecule has 20 heavy (non-hydrogen) atoms. The van der Waals surface area contributed by atoms with E-state index in [-0.39, 0.29) is 23.9 Å². The Balaban J connectivity index is 1.81. The molecule has 2 aliphatic rings. The normalized spacial score (nSPS) is 25.3. The summed E-state index contributed by atoms with van der Waals surface area (Å²) in [5, 5.41) is 2.78. The molecule has 2 atom stereocenters. The average molecular weight is 273 g/mol. The Morgan fingerprint density at radius 3 is 3.00 bits per heavy atom. The molecule has 1 saturated heterocycles. The molecule has 0 bridgehead atoms. The molecule has 2 heterocycles. The van der Waals surface area contributed by atoms with Crippen molar-refractivity contribution in [3.63, 3.8) is 0 Å². The second kappa shape index (κ2) is 4.90. The minimum absolute atomic E-state index is 0.0121. The van der Waals surface area contributed by atoms with E-state index in [4.69, 9.17) is 5.73 Å². The molecule has 1 aromatic carbocycles. The van der Waals surface area contributed by atoms with Crippen LogP contribution in [0.25, 0.3) is 0 Å². The molecular weight excluding hydrogens is 254 g/mol. The van der Waals surface area contributed by atoms with Gasteiger partial charge in [0, 0.05) is 29.9 Å². The molecule has 3 N–H and O–H groups in total. The minimum Gasteiger partial charge on any atom is -0.336 e. The van der Waals surface area contributed by atoms with Crippen LogP contribution < -0.4 is 11.1 Å². The summed E-state index contributed by atoms with van der Waals surface area (Å²) in [6.45, 7) is 2.74.